The van der Waals surface area contributed by atoms with E-state index in [9.17, 15) is 9.90 Å². The number of benzene rings is 2. The molecule has 0 aliphatic carbocycles. The van der Waals surface area contributed by atoms with Gasteiger partial charge in [-0.2, -0.15) is 0 Å². The second-order valence-electron chi connectivity index (χ2n) is 4.81. The Hall–Kier alpha value is -2.29. The van der Waals surface area contributed by atoms with Gasteiger partial charge in [-0.15, -0.1) is 0 Å². The van der Waals surface area contributed by atoms with Gasteiger partial charge < -0.3 is 9.84 Å². The SMILES string of the molecule is COc1ccc(C)cc1[C@@H](CC(=O)O)c1ccccc1. The molecule has 0 unspecified atom stereocenters. The molecule has 0 aromatic heterocycles. The molecule has 20 heavy (non-hydrogen) atoms. The van der Waals surface area contributed by atoms with Gasteiger partial charge in [0.1, 0.15) is 5.75 Å². The molecule has 1 N–H and O–H groups in total. The monoisotopic (exact) mass is 270 g/mol. The van der Waals surface area contributed by atoms with E-state index in [2.05, 4.69) is 0 Å². The highest BCUT2D eigenvalue weighted by Crippen LogP contribution is 2.35. The molecule has 0 heterocycles. The van der Waals surface area contributed by atoms with E-state index in [0.717, 1.165) is 22.4 Å². The summed E-state index contributed by atoms with van der Waals surface area (Å²) in [4.78, 5) is 11.2. The second kappa shape index (κ2) is 6.24. The largest absolute Gasteiger partial charge is 0.496 e. The summed E-state index contributed by atoms with van der Waals surface area (Å²) in [5, 5.41) is 9.20. The van der Waals surface area contributed by atoms with E-state index in [-0.39, 0.29) is 12.3 Å². The summed E-state index contributed by atoms with van der Waals surface area (Å²) in [6.07, 6.45) is 0.0455. The normalized spacial score (nSPS) is 11.9. The Kier molecular flexibility index (Phi) is 4.41. The molecule has 2 aromatic carbocycles. The minimum Gasteiger partial charge on any atom is -0.496 e. The molecule has 0 amide bonds. The lowest BCUT2D eigenvalue weighted by atomic mass is 9.87. The molecule has 0 saturated heterocycles. The van der Waals surface area contributed by atoms with Crippen LogP contribution in [0.25, 0.3) is 0 Å². The van der Waals surface area contributed by atoms with Crippen LogP contribution in [0.1, 0.15) is 29.0 Å². The average molecular weight is 270 g/mol. The zero-order chi connectivity index (χ0) is 14.5. The topological polar surface area (TPSA) is 46.5 Å². The Labute approximate surface area is 118 Å². The van der Waals surface area contributed by atoms with Gasteiger partial charge in [0.05, 0.1) is 13.5 Å². The Morgan fingerprint density at radius 2 is 1.90 bits per heavy atom. The van der Waals surface area contributed by atoms with Gasteiger partial charge in [0, 0.05) is 11.5 Å². The molecule has 0 radical (unpaired) electrons. The first-order chi connectivity index (χ1) is 9.61. The zero-order valence-electron chi connectivity index (χ0n) is 11.7. The van der Waals surface area contributed by atoms with E-state index in [0.29, 0.717) is 0 Å². The molecule has 1 atom stereocenters. The van der Waals surface area contributed by atoms with E-state index in [1.807, 2.05) is 55.5 Å². The number of aliphatic carboxylic acids is 1. The minimum atomic E-state index is -0.817. The Bertz CT molecular complexity index is 590. The fourth-order valence-electron chi connectivity index (χ4n) is 2.39. The van der Waals surface area contributed by atoms with Crippen molar-refractivity contribution in [2.45, 2.75) is 19.3 Å². The number of carbonyl (C=O) groups is 1. The van der Waals surface area contributed by atoms with Crippen LogP contribution in [0, 0.1) is 6.92 Å². The third-order valence-corrected chi connectivity index (χ3v) is 3.34. The molecule has 104 valence electrons. The van der Waals surface area contributed by atoms with Crippen LogP contribution in [-0.2, 0) is 4.79 Å². The first-order valence-electron chi connectivity index (χ1n) is 6.53. The highest BCUT2D eigenvalue weighted by Gasteiger charge is 2.21. The van der Waals surface area contributed by atoms with Crippen LogP contribution >= 0.6 is 0 Å². The predicted octanol–water partition coefficient (Wildman–Crippen LogP) is 3.61. The molecule has 0 bridgehead atoms. The fraction of sp³-hybridized carbons (Fsp3) is 0.235. The Morgan fingerprint density at radius 3 is 2.50 bits per heavy atom. The van der Waals surface area contributed by atoms with Crippen LogP contribution < -0.4 is 4.74 Å². The number of ether oxygens (including phenoxy) is 1. The lowest BCUT2D eigenvalue weighted by Crippen LogP contribution is -2.09. The number of methoxy groups -OCH3 is 1. The van der Waals surface area contributed by atoms with Gasteiger partial charge in [0.25, 0.3) is 0 Å². The van der Waals surface area contributed by atoms with Gasteiger partial charge in [0.15, 0.2) is 0 Å². The highest BCUT2D eigenvalue weighted by atomic mass is 16.5. The predicted molar refractivity (Wildman–Crippen MR) is 78.3 cm³/mol. The number of aryl methyl sites for hydroxylation is 1. The summed E-state index contributed by atoms with van der Waals surface area (Å²) >= 11 is 0. The summed E-state index contributed by atoms with van der Waals surface area (Å²) in [7, 11) is 1.61. The number of carboxylic acid groups (broad SMARTS) is 1. The molecule has 2 rings (SSSR count). The summed E-state index contributed by atoms with van der Waals surface area (Å²) in [6, 6.07) is 15.5. The van der Waals surface area contributed by atoms with E-state index in [1.54, 1.807) is 7.11 Å². The number of hydrogen-bond donors (Lipinski definition) is 1. The van der Waals surface area contributed by atoms with Crippen molar-refractivity contribution in [3.8, 4) is 5.75 Å². The van der Waals surface area contributed by atoms with Gasteiger partial charge >= 0.3 is 5.97 Å². The maximum Gasteiger partial charge on any atom is 0.304 e. The summed E-state index contributed by atoms with van der Waals surface area (Å²) in [6.45, 7) is 1.99. The van der Waals surface area contributed by atoms with E-state index < -0.39 is 5.97 Å². The van der Waals surface area contributed by atoms with Gasteiger partial charge in [-0.05, 0) is 18.6 Å². The third-order valence-electron chi connectivity index (χ3n) is 3.34. The maximum atomic E-state index is 11.2. The summed E-state index contributed by atoms with van der Waals surface area (Å²) in [5.41, 5.74) is 2.99. The van der Waals surface area contributed by atoms with E-state index >= 15 is 0 Å². The van der Waals surface area contributed by atoms with Crippen molar-refractivity contribution in [1.29, 1.82) is 0 Å². The summed E-state index contributed by atoms with van der Waals surface area (Å²) in [5.74, 6) is -0.295. The smallest absolute Gasteiger partial charge is 0.304 e. The molecule has 0 aliphatic rings. The van der Waals surface area contributed by atoms with Crippen LogP contribution in [0.4, 0.5) is 0 Å². The van der Waals surface area contributed by atoms with Crippen molar-refractivity contribution in [3.63, 3.8) is 0 Å². The molecule has 3 nitrogen and oxygen atoms in total. The quantitative estimate of drug-likeness (QED) is 0.902. The highest BCUT2D eigenvalue weighted by molar-refractivity contribution is 5.69. The first kappa shape index (κ1) is 14.1. The van der Waals surface area contributed by atoms with E-state index in [1.165, 1.54) is 0 Å². The van der Waals surface area contributed by atoms with Crippen LogP contribution in [-0.4, -0.2) is 18.2 Å². The molecule has 2 aromatic rings. The molecule has 0 fully saturated rings. The van der Waals surface area contributed by atoms with Gasteiger partial charge in [0.2, 0.25) is 0 Å². The van der Waals surface area contributed by atoms with Gasteiger partial charge in [-0.1, -0.05) is 48.0 Å². The first-order valence-corrected chi connectivity index (χ1v) is 6.53. The van der Waals surface area contributed by atoms with Gasteiger partial charge in [-0.25, -0.2) is 0 Å². The second-order valence-corrected chi connectivity index (χ2v) is 4.81. The number of hydrogen-bond acceptors (Lipinski definition) is 2. The molecule has 0 aliphatic heterocycles. The molecule has 3 heteroatoms. The van der Waals surface area contributed by atoms with Crippen molar-refractivity contribution >= 4 is 5.97 Å². The lowest BCUT2D eigenvalue weighted by Gasteiger charge is -2.19. The molecular formula is C17H18O3. The number of rotatable bonds is 5. The van der Waals surface area contributed by atoms with Crippen LogP contribution in [0.5, 0.6) is 5.75 Å². The fourth-order valence-corrected chi connectivity index (χ4v) is 2.39. The van der Waals surface area contributed by atoms with Crippen molar-refractivity contribution in [2.24, 2.45) is 0 Å². The zero-order valence-corrected chi connectivity index (χ0v) is 11.7. The average Bonchev–Trinajstić information content (AvgIpc) is 2.45. The summed E-state index contributed by atoms with van der Waals surface area (Å²) < 4.78 is 5.39. The van der Waals surface area contributed by atoms with E-state index in [4.69, 9.17) is 4.74 Å². The Balaban J connectivity index is 2.51. The van der Waals surface area contributed by atoms with Crippen LogP contribution in [0.15, 0.2) is 48.5 Å². The van der Waals surface area contributed by atoms with Crippen LogP contribution in [0.3, 0.4) is 0 Å². The van der Waals surface area contributed by atoms with Gasteiger partial charge in [-0.3, -0.25) is 4.79 Å². The van der Waals surface area contributed by atoms with Crippen molar-refractivity contribution in [3.05, 3.63) is 65.2 Å². The van der Waals surface area contributed by atoms with Crippen molar-refractivity contribution < 1.29 is 14.6 Å². The Morgan fingerprint density at radius 1 is 1.20 bits per heavy atom. The number of carboxylic acids is 1. The minimum absolute atomic E-state index is 0.0455. The van der Waals surface area contributed by atoms with Crippen molar-refractivity contribution in [2.75, 3.05) is 7.11 Å². The molecule has 0 saturated carbocycles. The molecule has 0 spiro atoms. The standard InChI is InChI=1S/C17H18O3/c1-12-8-9-16(20-2)15(10-12)14(11-17(18)19)13-6-4-3-5-7-13/h3-10,14H,11H2,1-2H3,(H,18,19)/t14-/m0/s1. The third kappa shape index (κ3) is 3.18. The van der Waals surface area contributed by atoms with Crippen molar-refractivity contribution in [1.82, 2.24) is 0 Å². The van der Waals surface area contributed by atoms with Crippen LogP contribution in [0.2, 0.25) is 0 Å². The molecular weight excluding hydrogens is 252 g/mol. The maximum absolute atomic E-state index is 11.2. The lowest BCUT2D eigenvalue weighted by molar-refractivity contribution is -0.137.